The molecule has 6 heteroatoms. The van der Waals surface area contributed by atoms with E-state index in [2.05, 4.69) is 20.6 Å². The lowest BCUT2D eigenvalue weighted by Gasteiger charge is -2.12. The van der Waals surface area contributed by atoms with Crippen LogP contribution in [0.5, 0.6) is 0 Å². The van der Waals surface area contributed by atoms with E-state index in [4.69, 9.17) is 5.73 Å². The first-order chi connectivity index (χ1) is 7.69. The molecule has 6 nitrogen and oxygen atoms in total. The van der Waals surface area contributed by atoms with Gasteiger partial charge in [0.15, 0.2) is 0 Å². The molecule has 0 saturated heterocycles. The molecule has 0 spiro atoms. The van der Waals surface area contributed by atoms with Gasteiger partial charge < -0.3 is 16.4 Å². The van der Waals surface area contributed by atoms with E-state index < -0.39 is 5.91 Å². The summed E-state index contributed by atoms with van der Waals surface area (Å²) in [6.45, 7) is 4.88. The molecule has 0 aliphatic carbocycles. The molecule has 0 saturated carbocycles. The molecule has 88 valence electrons. The molecule has 0 atom stereocenters. The molecule has 1 aromatic rings. The van der Waals surface area contributed by atoms with E-state index >= 15 is 0 Å². The van der Waals surface area contributed by atoms with Gasteiger partial charge >= 0.3 is 0 Å². The highest BCUT2D eigenvalue weighted by atomic mass is 16.1. The van der Waals surface area contributed by atoms with Crippen LogP contribution in [0.25, 0.3) is 0 Å². The van der Waals surface area contributed by atoms with Crippen LogP contribution in [-0.4, -0.2) is 29.0 Å². The Bertz CT molecular complexity index is 366. The maximum atomic E-state index is 10.7. The van der Waals surface area contributed by atoms with Gasteiger partial charge in [0.1, 0.15) is 18.0 Å². The van der Waals surface area contributed by atoms with Gasteiger partial charge in [-0.2, -0.15) is 0 Å². The van der Waals surface area contributed by atoms with Crippen molar-refractivity contribution in [1.82, 2.24) is 9.97 Å². The fraction of sp³-hybridized carbons (Fsp3) is 0.500. The molecule has 0 aromatic carbocycles. The maximum absolute atomic E-state index is 10.7. The molecule has 1 aromatic heterocycles. The third kappa shape index (κ3) is 3.08. The summed E-state index contributed by atoms with van der Waals surface area (Å²) in [4.78, 5) is 18.9. The summed E-state index contributed by atoms with van der Waals surface area (Å²) in [7, 11) is 0. The van der Waals surface area contributed by atoms with E-state index in [0.29, 0.717) is 5.82 Å². The molecule has 0 fully saturated rings. The van der Waals surface area contributed by atoms with E-state index in [0.717, 1.165) is 24.3 Å². The first-order valence-electron chi connectivity index (χ1n) is 5.28. The largest absolute Gasteiger partial charge is 0.370 e. The van der Waals surface area contributed by atoms with Crippen molar-refractivity contribution >= 4 is 17.5 Å². The molecule has 0 aliphatic rings. The smallest absolute Gasteiger partial charge is 0.236 e. The van der Waals surface area contributed by atoms with Crippen molar-refractivity contribution < 1.29 is 4.79 Å². The van der Waals surface area contributed by atoms with Crippen LogP contribution in [0.15, 0.2) is 6.33 Å². The quantitative estimate of drug-likeness (QED) is 0.648. The number of nitrogens with one attached hydrogen (secondary N) is 2. The first kappa shape index (κ1) is 12.2. The Morgan fingerprint density at radius 2 is 1.94 bits per heavy atom. The van der Waals surface area contributed by atoms with Crippen LogP contribution in [0.2, 0.25) is 0 Å². The number of nitrogens with zero attached hydrogens (tertiary/aromatic N) is 2. The van der Waals surface area contributed by atoms with Gasteiger partial charge in [-0.1, -0.05) is 6.92 Å². The van der Waals surface area contributed by atoms with Gasteiger partial charge in [-0.15, -0.1) is 0 Å². The number of aromatic nitrogens is 2. The summed E-state index contributed by atoms with van der Waals surface area (Å²) < 4.78 is 0. The van der Waals surface area contributed by atoms with Gasteiger partial charge in [-0.25, -0.2) is 9.97 Å². The zero-order chi connectivity index (χ0) is 12.0. The first-order valence-corrected chi connectivity index (χ1v) is 5.28. The van der Waals surface area contributed by atoms with Gasteiger partial charge in [-0.05, 0) is 13.3 Å². The number of hydrogen-bond acceptors (Lipinski definition) is 5. The third-order valence-corrected chi connectivity index (χ3v) is 2.07. The van der Waals surface area contributed by atoms with E-state index in [9.17, 15) is 4.79 Å². The van der Waals surface area contributed by atoms with Crippen molar-refractivity contribution in [3.63, 3.8) is 0 Å². The number of carbonyl (C=O) groups is 1. The van der Waals surface area contributed by atoms with Crippen LogP contribution in [0, 0.1) is 0 Å². The van der Waals surface area contributed by atoms with Crippen LogP contribution < -0.4 is 16.4 Å². The van der Waals surface area contributed by atoms with Crippen molar-refractivity contribution in [3.8, 4) is 0 Å². The Labute approximate surface area is 94.7 Å². The Morgan fingerprint density at radius 3 is 2.44 bits per heavy atom. The lowest BCUT2D eigenvalue weighted by atomic mass is 10.2. The minimum absolute atomic E-state index is 0.0789. The second kappa shape index (κ2) is 5.89. The van der Waals surface area contributed by atoms with Gasteiger partial charge in [0.25, 0.3) is 0 Å². The summed E-state index contributed by atoms with van der Waals surface area (Å²) in [5.74, 6) is 1.05. The van der Waals surface area contributed by atoms with E-state index in [1.54, 1.807) is 0 Å². The molecule has 1 heterocycles. The third-order valence-electron chi connectivity index (χ3n) is 2.07. The molecule has 4 N–H and O–H groups in total. The van der Waals surface area contributed by atoms with Crippen molar-refractivity contribution in [1.29, 1.82) is 0 Å². The summed E-state index contributed by atoms with van der Waals surface area (Å²) in [5, 5.41) is 6.04. The number of amides is 1. The molecular formula is C10H17N5O. The topological polar surface area (TPSA) is 92.9 Å². The summed E-state index contributed by atoms with van der Waals surface area (Å²) in [6, 6.07) is 0. The standard InChI is InChI=1S/C10H17N5O/c1-3-7-9(12-4-2)14-6-15-10(7)13-5-8(11)16/h6H,3-5H2,1-2H3,(H2,11,16)(H2,12,13,14,15). The van der Waals surface area contributed by atoms with Crippen LogP contribution in [0.1, 0.15) is 19.4 Å². The number of hydrogen-bond donors (Lipinski definition) is 3. The van der Waals surface area contributed by atoms with Crippen LogP contribution >= 0.6 is 0 Å². The molecule has 1 amide bonds. The Balaban J connectivity index is 2.89. The summed E-state index contributed by atoms with van der Waals surface area (Å²) in [5.41, 5.74) is 6.03. The lowest BCUT2D eigenvalue weighted by molar-refractivity contribution is -0.116. The van der Waals surface area contributed by atoms with Crippen LogP contribution in [-0.2, 0) is 11.2 Å². The Hall–Kier alpha value is -1.85. The maximum Gasteiger partial charge on any atom is 0.236 e. The molecule has 16 heavy (non-hydrogen) atoms. The summed E-state index contributed by atoms with van der Waals surface area (Å²) >= 11 is 0. The number of nitrogens with two attached hydrogens (primary N) is 1. The predicted octanol–water partition coefficient (Wildman–Crippen LogP) is 0.368. The van der Waals surface area contributed by atoms with Gasteiger partial charge in [0.2, 0.25) is 5.91 Å². The molecule has 0 aliphatic heterocycles. The molecular weight excluding hydrogens is 206 g/mol. The molecule has 1 rings (SSSR count). The van der Waals surface area contributed by atoms with Gasteiger partial charge in [-0.3, -0.25) is 4.79 Å². The van der Waals surface area contributed by atoms with E-state index in [-0.39, 0.29) is 6.54 Å². The monoisotopic (exact) mass is 223 g/mol. The lowest BCUT2D eigenvalue weighted by Crippen LogP contribution is -2.23. The second-order valence-electron chi connectivity index (χ2n) is 3.25. The van der Waals surface area contributed by atoms with Crippen molar-refractivity contribution in [2.45, 2.75) is 20.3 Å². The Morgan fingerprint density at radius 1 is 1.31 bits per heavy atom. The fourth-order valence-electron chi connectivity index (χ4n) is 1.39. The number of rotatable bonds is 6. The fourth-order valence-corrected chi connectivity index (χ4v) is 1.39. The zero-order valence-electron chi connectivity index (χ0n) is 9.58. The predicted molar refractivity (Wildman–Crippen MR) is 63.3 cm³/mol. The number of anilines is 2. The van der Waals surface area contributed by atoms with Crippen molar-refractivity contribution in [2.75, 3.05) is 23.7 Å². The second-order valence-corrected chi connectivity index (χ2v) is 3.25. The van der Waals surface area contributed by atoms with Crippen LogP contribution in [0.3, 0.4) is 0 Å². The van der Waals surface area contributed by atoms with E-state index in [1.165, 1.54) is 6.33 Å². The molecule has 0 radical (unpaired) electrons. The molecule has 0 bridgehead atoms. The molecule has 0 unspecified atom stereocenters. The highest BCUT2D eigenvalue weighted by Crippen LogP contribution is 2.19. The minimum Gasteiger partial charge on any atom is -0.370 e. The highest BCUT2D eigenvalue weighted by molar-refractivity contribution is 5.79. The van der Waals surface area contributed by atoms with Crippen molar-refractivity contribution in [2.24, 2.45) is 5.73 Å². The number of primary amides is 1. The van der Waals surface area contributed by atoms with Crippen LogP contribution in [0.4, 0.5) is 11.6 Å². The minimum atomic E-state index is -0.411. The number of carbonyl (C=O) groups excluding carboxylic acids is 1. The average molecular weight is 223 g/mol. The average Bonchev–Trinajstić information content (AvgIpc) is 2.27. The van der Waals surface area contributed by atoms with Crippen molar-refractivity contribution in [3.05, 3.63) is 11.9 Å². The Kier molecular flexibility index (Phi) is 4.50. The SMILES string of the molecule is CCNc1ncnc(NCC(N)=O)c1CC. The van der Waals surface area contributed by atoms with Gasteiger partial charge in [0, 0.05) is 12.1 Å². The zero-order valence-corrected chi connectivity index (χ0v) is 9.58. The normalized spacial score (nSPS) is 9.88. The highest BCUT2D eigenvalue weighted by Gasteiger charge is 2.09. The summed E-state index contributed by atoms with van der Waals surface area (Å²) in [6.07, 6.45) is 2.24. The van der Waals surface area contributed by atoms with E-state index in [1.807, 2.05) is 13.8 Å². The van der Waals surface area contributed by atoms with Gasteiger partial charge in [0.05, 0.1) is 6.54 Å².